The summed E-state index contributed by atoms with van der Waals surface area (Å²) in [5, 5.41) is 9.92. The lowest BCUT2D eigenvalue weighted by atomic mass is 9.91. The Labute approximate surface area is 154 Å². The molecule has 2 heterocycles. The minimum Gasteiger partial charge on any atom is -0.381 e. The fraction of sp³-hybridized carbons (Fsp3) is 0.294. The van der Waals surface area contributed by atoms with E-state index in [1.165, 1.54) is 12.3 Å². The Balaban J connectivity index is 2.26. The Morgan fingerprint density at radius 1 is 1.11 bits per heavy atom. The Morgan fingerprint density at radius 2 is 1.75 bits per heavy atom. The van der Waals surface area contributed by atoms with Crippen molar-refractivity contribution in [2.45, 2.75) is 31.8 Å². The maximum Gasteiger partial charge on any atom is 0.434 e. The maximum atomic E-state index is 13.2. The van der Waals surface area contributed by atoms with Crippen molar-refractivity contribution in [3.63, 3.8) is 0 Å². The highest BCUT2D eigenvalue weighted by atomic mass is 19.4. The van der Waals surface area contributed by atoms with Gasteiger partial charge in [0.1, 0.15) is 0 Å². The van der Waals surface area contributed by atoms with Crippen LogP contribution in [0.4, 0.5) is 32.2 Å². The number of rotatable bonds is 2. The molecular weight excluding hydrogens is 390 g/mol. The largest absolute Gasteiger partial charge is 0.434 e. The lowest BCUT2D eigenvalue weighted by molar-refractivity contribution is -0.258. The van der Waals surface area contributed by atoms with Crippen LogP contribution < -0.4 is 5.73 Å². The molecule has 0 spiro atoms. The van der Waals surface area contributed by atoms with Gasteiger partial charge in [0, 0.05) is 11.8 Å². The average Bonchev–Trinajstić information content (AvgIpc) is 2.97. The molecule has 0 saturated carbocycles. The summed E-state index contributed by atoms with van der Waals surface area (Å²) in [5.74, 6) is -0.475. The third-order valence-electron chi connectivity index (χ3n) is 4.44. The minimum absolute atomic E-state index is 0.0737. The molecule has 0 radical (unpaired) electrons. The summed E-state index contributed by atoms with van der Waals surface area (Å²) in [7, 11) is 0. The maximum absolute atomic E-state index is 13.2. The Hall–Kier alpha value is -2.82. The monoisotopic (exact) mass is 404 g/mol. The Kier molecular flexibility index (Phi) is 4.34. The second-order valence-electron chi connectivity index (χ2n) is 6.45. The van der Waals surface area contributed by atoms with Crippen molar-refractivity contribution in [2.24, 2.45) is 0 Å². The van der Waals surface area contributed by atoms with Crippen LogP contribution in [0.25, 0.3) is 16.9 Å². The van der Waals surface area contributed by atoms with Crippen LogP contribution in [0.2, 0.25) is 0 Å². The van der Waals surface area contributed by atoms with Gasteiger partial charge in [0.2, 0.25) is 0 Å². The molecule has 3 N–H and O–H groups in total. The van der Waals surface area contributed by atoms with Crippen molar-refractivity contribution in [1.82, 2.24) is 14.4 Å². The lowest BCUT2D eigenvalue weighted by Gasteiger charge is -2.27. The topological polar surface area (TPSA) is 76.4 Å². The summed E-state index contributed by atoms with van der Waals surface area (Å²) < 4.78 is 79.7. The molecular formula is C17H14F6N4O. The van der Waals surface area contributed by atoms with Gasteiger partial charge in [-0.2, -0.15) is 26.3 Å². The van der Waals surface area contributed by atoms with Crippen LogP contribution in [-0.4, -0.2) is 25.7 Å². The number of hydrogen-bond donors (Lipinski definition) is 2. The number of aryl methyl sites for hydroxylation is 1. The van der Waals surface area contributed by atoms with Crippen molar-refractivity contribution >= 4 is 11.5 Å². The lowest BCUT2D eigenvalue weighted by Crippen LogP contribution is -2.39. The number of hydrogen-bond acceptors (Lipinski definition) is 4. The second kappa shape index (κ2) is 6.09. The molecule has 11 heteroatoms. The molecule has 0 unspecified atom stereocenters. The van der Waals surface area contributed by atoms with Crippen LogP contribution >= 0.6 is 0 Å². The zero-order valence-electron chi connectivity index (χ0n) is 14.5. The number of imidazole rings is 1. The van der Waals surface area contributed by atoms with Gasteiger partial charge in [-0.05, 0) is 31.0 Å². The Morgan fingerprint density at radius 3 is 2.32 bits per heavy atom. The molecule has 0 bridgehead atoms. The van der Waals surface area contributed by atoms with Gasteiger partial charge in [0.15, 0.2) is 22.8 Å². The number of benzene rings is 1. The molecule has 1 aromatic carbocycles. The molecule has 0 saturated heterocycles. The highest BCUT2D eigenvalue weighted by molar-refractivity contribution is 5.72. The first-order valence-corrected chi connectivity index (χ1v) is 7.85. The van der Waals surface area contributed by atoms with Crippen molar-refractivity contribution in [3.8, 4) is 11.3 Å². The quantitative estimate of drug-likeness (QED) is 0.632. The van der Waals surface area contributed by atoms with Gasteiger partial charge in [0.05, 0.1) is 11.9 Å². The zero-order chi connectivity index (χ0) is 21.1. The normalized spacial score (nSPS) is 15.0. The van der Waals surface area contributed by atoms with Crippen LogP contribution in [-0.2, 0) is 11.8 Å². The first-order valence-electron chi connectivity index (χ1n) is 7.85. The molecule has 0 aliphatic rings. The highest BCUT2D eigenvalue weighted by Crippen LogP contribution is 2.40. The molecule has 3 rings (SSSR count). The molecule has 0 aliphatic heterocycles. The van der Waals surface area contributed by atoms with Crippen LogP contribution in [0.1, 0.15) is 23.7 Å². The van der Waals surface area contributed by atoms with Gasteiger partial charge in [-0.3, -0.25) is 4.40 Å². The van der Waals surface area contributed by atoms with Crippen LogP contribution in [0.3, 0.4) is 0 Å². The third-order valence-corrected chi connectivity index (χ3v) is 4.44. The number of fused-ring (bicyclic) bond motifs is 1. The summed E-state index contributed by atoms with van der Waals surface area (Å²) in [5.41, 5.74) is 1.30. The fourth-order valence-electron chi connectivity index (χ4n) is 2.71. The van der Waals surface area contributed by atoms with Crippen LogP contribution in [0.5, 0.6) is 0 Å². The first-order chi connectivity index (χ1) is 12.7. The number of nitrogen functional groups attached to an aromatic ring is 1. The Bertz CT molecular complexity index is 1050. The standard InChI is InChI=1S/C17H14F6N4O/c1-8-3-4-9(15(2,28)17(21,22)23)5-10(8)11-6-25-14-13(24)26-12(7-27(11)14)16(18,19)20/h3-7,28H,1-2H3,(H2,24,26)/t15-/m0/s1. The molecule has 0 aliphatic carbocycles. The van der Waals surface area contributed by atoms with Crippen LogP contribution in [0.15, 0.2) is 30.6 Å². The van der Waals surface area contributed by atoms with E-state index < -0.39 is 35.0 Å². The molecule has 5 nitrogen and oxygen atoms in total. The van der Waals surface area contributed by atoms with Gasteiger partial charge in [0.25, 0.3) is 0 Å². The van der Waals surface area contributed by atoms with E-state index in [0.717, 1.165) is 16.5 Å². The third kappa shape index (κ3) is 3.15. The smallest absolute Gasteiger partial charge is 0.381 e. The predicted molar refractivity (Wildman–Crippen MR) is 88.2 cm³/mol. The summed E-state index contributed by atoms with van der Waals surface area (Å²) in [6.45, 7) is 2.16. The number of halogens is 6. The number of nitrogens with zero attached hydrogens (tertiary/aromatic N) is 3. The number of anilines is 1. The number of nitrogens with two attached hydrogens (primary N) is 1. The molecule has 0 fully saturated rings. The van der Waals surface area contributed by atoms with Gasteiger partial charge in [-0.15, -0.1) is 0 Å². The van der Waals surface area contributed by atoms with Crippen LogP contribution in [0, 0.1) is 6.92 Å². The summed E-state index contributed by atoms with van der Waals surface area (Å²) in [6.07, 6.45) is -7.87. The number of aromatic nitrogens is 3. The van der Waals surface area contributed by atoms with E-state index >= 15 is 0 Å². The molecule has 3 aromatic rings. The van der Waals surface area contributed by atoms with E-state index in [-0.39, 0.29) is 16.9 Å². The van der Waals surface area contributed by atoms with Crippen molar-refractivity contribution in [2.75, 3.05) is 5.73 Å². The van der Waals surface area contributed by atoms with Crippen molar-refractivity contribution in [3.05, 3.63) is 47.4 Å². The zero-order valence-corrected chi connectivity index (χ0v) is 14.5. The van der Waals surface area contributed by atoms with Gasteiger partial charge >= 0.3 is 12.4 Å². The molecule has 0 amide bonds. The number of alkyl halides is 6. The van der Waals surface area contributed by atoms with Crippen molar-refractivity contribution < 1.29 is 31.4 Å². The van der Waals surface area contributed by atoms with E-state index in [1.54, 1.807) is 6.92 Å². The minimum atomic E-state index is -4.95. The summed E-state index contributed by atoms with van der Waals surface area (Å²) >= 11 is 0. The van der Waals surface area contributed by atoms with E-state index in [4.69, 9.17) is 5.73 Å². The fourth-order valence-corrected chi connectivity index (χ4v) is 2.71. The molecule has 150 valence electrons. The summed E-state index contributed by atoms with van der Waals surface area (Å²) in [6, 6.07) is 3.50. The predicted octanol–water partition coefficient (Wildman–Crippen LogP) is 4.08. The average molecular weight is 404 g/mol. The van der Waals surface area contributed by atoms with E-state index in [9.17, 15) is 31.4 Å². The van der Waals surface area contributed by atoms with Gasteiger partial charge < -0.3 is 10.8 Å². The van der Waals surface area contributed by atoms with E-state index in [2.05, 4.69) is 9.97 Å². The van der Waals surface area contributed by atoms with E-state index in [1.807, 2.05) is 0 Å². The molecule has 28 heavy (non-hydrogen) atoms. The highest BCUT2D eigenvalue weighted by Gasteiger charge is 2.51. The van der Waals surface area contributed by atoms with Crippen molar-refractivity contribution in [1.29, 1.82) is 0 Å². The summed E-state index contributed by atoms with van der Waals surface area (Å²) in [4.78, 5) is 7.19. The first kappa shape index (κ1) is 19.9. The van der Waals surface area contributed by atoms with Gasteiger partial charge in [-0.25, -0.2) is 9.97 Å². The number of aliphatic hydroxyl groups is 1. The molecule has 2 aromatic heterocycles. The van der Waals surface area contributed by atoms with E-state index in [0.29, 0.717) is 18.7 Å². The van der Waals surface area contributed by atoms with Gasteiger partial charge in [-0.1, -0.05) is 12.1 Å². The molecule has 1 atom stereocenters. The SMILES string of the molecule is Cc1ccc([C@](C)(O)C(F)(F)F)cc1-c1cnc2c(N)nc(C(F)(F)F)cn12. The second-order valence-corrected chi connectivity index (χ2v) is 6.45.